The summed E-state index contributed by atoms with van der Waals surface area (Å²) in [6.45, 7) is 7.58. The zero-order valence-corrected chi connectivity index (χ0v) is 14.9. The third-order valence-corrected chi connectivity index (χ3v) is 5.08. The Hall–Kier alpha value is -1.99. The Labute approximate surface area is 146 Å². The Morgan fingerprint density at radius 1 is 1.21 bits per heavy atom. The van der Waals surface area contributed by atoms with E-state index < -0.39 is 0 Å². The minimum absolute atomic E-state index is 0.0156. The second-order valence-corrected chi connectivity index (χ2v) is 7.08. The highest BCUT2D eigenvalue weighted by atomic mass is 32.1. The number of piperazine rings is 1. The van der Waals surface area contributed by atoms with Crippen molar-refractivity contribution in [3.8, 4) is 0 Å². The van der Waals surface area contributed by atoms with Crippen LogP contribution in [0.3, 0.4) is 0 Å². The van der Waals surface area contributed by atoms with Crippen molar-refractivity contribution >= 4 is 28.1 Å². The third kappa shape index (κ3) is 3.91. The van der Waals surface area contributed by atoms with Gasteiger partial charge in [-0.25, -0.2) is 0 Å². The van der Waals surface area contributed by atoms with E-state index in [0.29, 0.717) is 5.13 Å². The molecule has 1 fully saturated rings. The average Bonchev–Trinajstić information content (AvgIpc) is 3.02. The minimum Gasteiger partial charge on any atom is -0.369 e. The van der Waals surface area contributed by atoms with E-state index in [0.717, 1.165) is 37.6 Å². The molecule has 0 unspecified atom stereocenters. The van der Waals surface area contributed by atoms with Crippen LogP contribution in [0.5, 0.6) is 0 Å². The van der Waals surface area contributed by atoms with Gasteiger partial charge < -0.3 is 4.90 Å². The van der Waals surface area contributed by atoms with Crippen LogP contribution in [0, 0.1) is 6.92 Å². The van der Waals surface area contributed by atoms with E-state index in [1.165, 1.54) is 17.0 Å². The van der Waals surface area contributed by atoms with Crippen molar-refractivity contribution in [1.82, 2.24) is 15.1 Å². The first-order valence-corrected chi connectivity index (χ1v) is 9.14. The first-order chi connectivity index (χ1) is 11.7. The SMILES string of the molecule is CC[C@@H](C(=O)Nc1nnc(C)s1)N1CCN(c2ccccc2)CC1. The van der Waals surface area contributed by atoms with E-state index in [1.54, 1.807) is 0 Å². The van der Waals surface area contributed by atoms with Gasteiger partial charge in [0, 0.05) is 31.9 Å². The zero-order chi connectivity index (χ0) is 16.9. The van der Waals surface area contributed by atoms with Crippen molar-refractivity contribution in [1.29, 1.82) is 0 Å². The number of anilines is 2. The fraction of sp³-hybridized carbons (Fsp3) is 0.471. The van der Waals surface area contributed by atoms with Crippen LogP contribution in [-0.4, -0.2) is 53.2 Å². The molecule has 0 bridgehead atoms. The molecule has 3 rings (SSSR count). The van der Waals surface area contributed by atoms with Gasteiger partial charge in [-0.05, 0) is 25.5 Å². The first-order valence-electron chi connectivity index (χ1n) is 8.32. The fourth-order valence-corrected chi connectivity index (χ4v) is 3.67. The van der Waals surface area contributed by atoms with Crippen LogP contribution in [0.15, 0.2) is 30.3 Å². The predicted molar refractivity (Wildman–Crippen MR) is 97.6 cm³/mol. The summed E-state index contributed by atoms with van der Waals surface area (Å²) in [5.74, 6) is 0.0156. The standard InChI is InChI=1S/C17H23N5OS/c1-3-15(16(23)18-17-20-19-13(2)24-17)22-11-9-21(10-12-22)14-7-5-4-6-8-14/h4-8,15H,3,9-12H2,1-2H3,(H,18,20,23)/t15-/m0/s1. The van der Waals surface area contributed by atoms with Crippen LogP contribution in [0.4, 0.5) is 10.8 Å². The van der Waals surface area contributed by atoms with E-state index in [4.69, 9.17) is 0 Å². The maximum atomic E-state index is 12.6. The number of rotatable bonds is 5. The number of benzene rings is 1. The lowest BCUT2D eigenvalue weighted by Gasteiger charge is -2.39. The molecule has 6 nitrogen and oxygen atoms in total. The smallest absolute Gasteiger partial charge is 0.243 e. The van der Waals surface area contributed by atoms with Gasteiger partial charge in [-0.2, -0.15) is 0 Å². The van der Waals surface area contributed by atoms with Crippen LogP contribution in [0.2, 0.25) is 0 Å². The molecule has 1 aromatic heterocycles. The first kappa shape index (κ1) is 16.9. The van der Waals surface area contributed by atoms with Gasteiger partial charge in [0.15, 0.2) is 0 Å². The number of aromatic nitrogens is 2. The molecule has 0 spiro atoms. The van der Waals surface area contributed by atoms with Crippen molar-refractivity contribution < 1.29 is 4.79 Å². The number of para-hydroxylation sites is 1. The minimum atomic E-state index is -0.118. The summed E-state index contributed by atoms with van der Waals surface area (Å²) >= 11 is 1.41. The molecule has 24 heavy (non-hydrogen) atoms. The number of carbonyl (C=O) groups excluding carboxylic acids is 1. The Kier molecular flexibility index (Phi) is 5.42. The predicted octanol–water partition coefficient (Wildman–Crippen LogP) is 2.39. The van der Waals surface area contributed by atoms with Crippen LogP contribution in [0.1, 0.15) is 18.4 Å². The van der Waals surface area contributed by atoms with Crippen molar-refractivity contribution in [2.24, 2.45) is 0 Å². The van der Waals surface area contributed by atoms with E-state index in [9.17, 15) is 4.79 Å². The lowest BCUT2D eigenvalue weighted by Crippen LogP contribution is -2.53. The molecular weight excluding hydrogens is 322 g/mol. The summed E-state index contributed by atoms with van der Waals surface area (Å²) in [4.78, 5) is 17.2. The highest BCUT2D eigenvalue weighted by Gasteiger charge is 2.28. The molecule has 0 aliphatic carbocycles. The van der Waals surface area contributed by atoms with E-state index in [1.807, 2.05) is 13.0 Å². The molecule has 1 aliphatic heterocycles. The van der Waals surface area contributed by atoms with Crippen LogP contribution >= 0.6 is 11.3 Å². The Balaban J connectivity index is 1.58. The number of hydrogen-bond acceptors (Lipinski definition) is 6. The van der Waals surface area contributed by atoms with Crippen LogP contribution in [-0.2, 0) is 4.79 Å². The highest BCUT2D eigenvalue weighted by Crippen LogP contribution is 2.19. The van der Waals surface area contributed by atoms with Crippen molar-refractivity contribution in [3.05, 3.63) is 35.3 Å². The molecule has 1 atom stereocenters. The largest absolute Gasteiger partial charge is 0.369 e. The number of hydrogen-bond donors (Lipinski definition) is 1. The zero-order valence-electron chi connectivity index (χ0n) is 14.1. The molecule has 1 aromatic carbocycles. The molecule has 1 N–H and O–H groups in total. The number of nitrogens with zero attached hydrogens (tertiary/aromatic N) is 4. The summed E-state index contributed by atoms with van der Waals surface area (Å²) in [6, 6.07) is 10.3. The summed E-state index contributed by atoms with van der Waals surface area (Å²) in [7, 11) is 0. The topological polar surface area (TPSA) is 61.4 Å². The fourth-order valence-electron chi connectivity index (χ4n) is 3.08. The monoisotopic (exact) mass is 345 g/mol. The Bertz CT molecular complexity index is 667. The second-order valence-electron chi connectivity index (χ2n) is 5.90. The maximum absolute atomic E-state index is 12.6. The van der Waals surface area contributed by atoms with Gasteiger partial charge in [0.1, 0.15) is 5.01 Å². The highest BCUT2D eigenvalue weighted by molar-refractivity contribution is 7.15. The van der Waals surface area contributed by atoms with Gasteiger partial charge in [-0.1, -0.05) is 36.5 Å². The van der Waals surface area contributed by atoms with Gasteiger partial charge in [0.25, 0.3) is 0 Å². The lowest BCUT2D eigenvalue weighted by molar-refractivity contribution is -0.121. The molecule has 0 saturated carbocycles. The van der Waals surface area contributed by atoms with E-state index in [2.05, 4.69) is 56.5 Å². The van der Waals surface area contributed by atoms with Crippen molar-refractivity contribution in [2.75, 3.05) is 36.4 Å². The van der Waals surface area contributed by atoms with Crippen molar-refractivity contribution in [3.63, 3.8) is 0 Å². The number of carbonyl (C=O) groups is 1. The van der Waals surface area contributed by atoms with Gasteiger partial charge in [-0.3, -0.25) is 15.0 Å². The van der Waals surface area contributed by atoms with Gasteiger partial charge in [0.05, 0.1) is 6.04 Å². The molecule has 2 aromatic rings. The summed E-state index contributed by atoms with van der Waals surface area (Å²) in [5, 5.41) is 12.3. The molecule has 1 saturated heterocycles. The number of amides is 1. The van der Waals surface area contributed by atoms with Gasteiger partial charge in [0.2, 0.25) is 11.0 Å². The molecule has 128 valence electrons. The Morgan fingerprint density at radius 2 is 1.92 bits per heavy atom. The normalized spacial score (nSPS) is 16.8. The molecular formula is C17H23N5OS. The van der Waals surface area contributed by atoms with Crippen LogP contribution < -0.4 is 10.2 Å². The van der Waals surface area contributed by atoms with Gasteiger partial charge in [-0.15, -0.1) is 10.2 Å². The summed E-state index contributed by atoms with van der Waals surface area (Å²) < 4.78 is 0. The Morgan fingerprint density at radius 3 is 2.50 bits per heavy atom. The molecule has 1 aliphatic rings. The summed E-state index contributed by atoms with van der Waals surface area (Å²) in [5.41, 5.74) is 1.25. The van der Waals surface area contributed by atoms with Gasteiger partial charge >= 0.3 is 0 Å². The summed E-state index contributed by atoms with van der Waals surface area (Å²) in [6.07, 6.45) is 0.787. The number of nitrogens with one attached hydrogen (secondary N) is 1. The number of aryl methyl sites for hydroxylation is 1. The quantitative estimate of drug-likeness (QED) is 0.901. The molecule has 0 radical (unpaired) electrons. The molecule has 2 heterocycles. The maximum Gasteiger partial charge on any atom is 0.243 e. The molecule has 7 heteroatoms. The average molecular weight is 345 g/mol. The van der Waals surface area contributed by atoms with E-state index in [-0.39, 0.29) is 11.9 Å². The second kappa shape index (κ2) is 7.72. The lowest BCUT2D eigenvalue weighted by atomic mass is 10.1. The van der Waals surface area contributed by atoms with Crippen molar-refractivity contribution in [2.45, 2.75) is 26.3 Å². The van der Waals surface area contributed by atoms with Crippen LogP contribution in [0.25, 0.3) is 0 Å². The van der Waals surface area contributed by atoms with E-state index >= 15 is 0 Å². The molecule has 1 amide bonds. The third-order valence-electron chi connectivity index (χ3n) is 4.32.